The van der Waals surface area contributed by atoms with Crippen molar-refractivity contribution in [3.8, 4) is 0 Å². The zero-order valence-electron chi connectivity index (χ0n) is 11.5. The molecule has 0 aliphatic carbocycles. The summed E-state index contributed by atoms with van der Waals surface area (Å²) in [6.07, 6.45) is 3.67. The summed E-state index contributed by atoms with van der Waals surface area (Å²) < 4.78 is 0. The van der Waals surface area contributed by atoms with Crippen LogP contribution in [0.4, 0.5) is 0 Å². The van der Waals surface area contributed by atoms with Gasteiger partial charge in [0.2, 0.25) is 0 Å². The molecule has 1 atom stereocenters. The van der Waals surface area contributed by atoms with E-state index in [1.54, 1.807) is 6.20 Å². The van der Waals surface area contributed by atoms with Gasteiger partial charge in [-0.2, -0.15) is 0 Å². The Bertz CT molecular complexity index is 573. The van der Waals surface area contributed by atoms with E-state index in [0.29, 0.717) is 0 Å². The molecule has 0 bridgehead atoms. The van der Waals surface area contributed by atoms with Gasteiger partial charge in [-0.1, -0.05) is 12.1 Å². The van der Waals surface area contributed by atoms with Crippen LogP contribution in [0.2, 0.25) is 0 Å². The molecule has 2 N–H and O–H groups in total. The third-order valence-electron chi connectivity index (χ3n) is 3.62. The SMILES string of the molecule is Cc1cc(C)c(C(N)c2ccncc2C)cc1C. The Morgan fingerprint density at radius 3 is 2.22 bits per heavy atom. The van der Waals surface area contributed by atoms with Crippen molar-refractivity contribution in [1.82, 2.24) is 4.98 Å². The van der Waals surface area contributed by atoms with Gasteiger partial charge < -0.3 is 5.73 Å². The Morgan fingerprint density at radius 2 is 1.56 bits per heavy atom. The Balaban J connectivity index is 2.50. The molecule has 0 amide bonds. The van der Waals surface area contributed by atoms with E-state index < -0.39 is 0 Å². The molecule has 18 heavy (non-hydrogen) atoms. The molecule has 1 aromatic carbocycles. The monoisotopic (exact) mass is 240 g/mol. The van der Waals surface area contributed by atoms with Gasteiger partial charge in [0.15, 0.2) is 0 Å². The van der Waals surface area contributed by atoms with Gasteiger partial charge in [0.05, 0.1) is 6.04 Å². The Morgan fingerprint density at radius 1 is 0.889 bits per heavy atom. The summed E-state index contributed by atoms with van der Waals surface area (Å²) in [7, 11) is 0. The third-order valence-corrected chi connectivity index (χ3v) is 3.62. The molecule has 0 aliphatic heterocycles. The second-order valence-corrected chi connectivity index (χ2v) is 5.00. The second-order valence-electron chi connectivity index (χ2n) is 5.00. The predicted octanol–water partition coefficient (Wildman–Crippen LogP) is 3.36. The normalized spacial score (nSPS) is 12.5. The van der Waals surface area contributed by atoms with E-state index in [0.717, 1.165) is 11.1 Å². The maximum absolute atomic E-state index is 6.41. The van der Waals surface area contributed by atoms with Crippen LogP contribution in [0.1, 0.15) is 39.4 Å². The largest absolute Gasteiger partial charge is 0.320 e. The minimum absolute atomic E-state index is 0.0766. The number of nitrogens with zero attached hydrogens (tertiary/aromatic N) is 1. The van der Waals surface area contributed by atoms with E-state index in [2.05, 4.69) is 44.8 Å². The summed E-state index contributed by atoms with van der Waals surface area (Å²) in [6.45, 7) is 8.44. The fourth-order valence-corrected chi connectivity index (χ4v) is 2.32. The Hall–Kier alpha value is -1.67. The lowest BCUT2D eigenvalue weighted by atomic mass is 9.91. The van der Waals surface area contributed by atoms with Gasteiger partial charge >= 0.3 is 0 Å². The number of hydrogen-bond acceptors (Lipinski definition) is 2. The van der Waals surface area contributed by atoms with Crippen LogP contribution >= 0.6 is 0 Å². The maximum atomic E-state index is 6.41. The number of aromatic nitrogens is 1. The lowest BCUT2D eigenvalue weighted by Crippen LogP contribution is -2.15. The predicted molar refractivity (Wildman–Crippen MR) is 75.7 cm³/mol. The van der Waals surface area contributed by atoms with Crippen molar-refractivity contribution in [2.75, 3.05) is 0 Å². The van der Waals surface area contributed by atoms with Gasteiger partial charge in [0.1, 0.15) is 0 Å². The second kappa shape index (κ2) is 4.91. The quantitative estimate of drug-likeness (QED) is 0.874. The van der Waals surface area contributed by atoms with Crippen molar-refractivity contribution in [2.24, 2.45) is 5.73 Å². The van der Waals surface area contributed by atoms with Gasteiger partial charge in [-0.15, -0.1) is 0 Å². The van der Waals surface area contributed by atoms with E-state index in [4.69, 9.17) is 5.73 Å². The smallest absolute Gasteiger partial charge is 0.0558 e. The average molecular weight is 240 g/mol. The van der Waals surface area contributed by atoms with E-state index in [1.807, 2.05) is 12.3 Å². The van der Waals surface area contributed by atoms with E-state index in [1.165, 1.54) is 22.3 Å². The summed E-state index contributed by atoms with van der Waals surface area (Å²) in [4.78, 5) is 4.12. The third kappa shape index (κ3) is 2.29. The molecule has 0 saturated carbocycles. The highest BCUT2D eigenvalue weighted by Crippen LogP contribution is 2.26. The lowest BCUT2D eigenvalue weighted by molar-refractivity contribution is 0.845. The van der Waals surface area contributed by atoms with Crippen molar-refractivity contribution < 1.29 is 0 Å². The molecular weight excluding hydrogens is 220 g/mol. The summed E-state index contributed by atoms with van der Waals surface area (Å²) in [6, 6.07) is 6.34. The van der Waals surface area contributed by atoms with Gasteiger partial charge in [0.25, 0.3) is 0 Å². The number of aryl methyl sites for hydroxylation is 4. The number of hydrogen-bond donors (Lipinski definition) is 1. The van der Waals surface area contributed by atoms with Crippen molar-refractivity contribution in [2.45, 2.75) is 33.7 Å². The van der Waals surface area contributed by atoms with Crippen LogP contribution in [-0.2, 0) is 0 Å². The molecule has 2 heteroatoms. The zero-order valence-corrected chi connectivity index (χ0v) is 11.5. The molecular formula is C16H20N2. The van der Waals surface area contributed by atoms with Gasteiger partial charge in [-0.3, -0.25) is 4.98 Å². The summed E-state index contributed by atoms with van der Waals surface area (Å²) in [5.74, 6) is 0. The molecule has 0 radical (unpaired) electrons. The van der Waals surface area contributed by atoms with Crippen molar-refractivity contribution >= 4 is 0 Å². The maximum Gasteiger partial charge on any atom is 0.0558 e. The lowest BCUT2D eigenvalue weighted by Gasteiger charge is -2.18. The minimum atomic E-state index is -0.0766. The molecule has 0 spiro atoms. The van der Waals surface area contributed by atoms with Crippen LogP contribution in [0.25, 0.3) is 0 Å². The summed E-state index contributed by atoms with van der Waals surface area (Å²) in [5, 5.41) is 0. The summed E-state index contributed by atoms with van der Waals surface area (Å²) >= 11 is 0. The molecule has 0 aliphatic rings. The van der Waals surface area contributed by atoms with Gasteiger partial charge in [-0.05, 0) is 67.1 Å². The van der Waals surface area contributed by atoms with Crippen molar-refractivity contribution in [3.63, 3.8) is 0 Å². The first-order valence-electron chi connectivity index (χ1n) is 6.24. The molecule has 2 aromatic rings. The highest BCUT2D eigenvalue weighted by Gasteiger charge is 2.14. The standard InChI is InChI=1S/C16H20N2/c1-10-7-12(3)15(8-11(10)2)16(17)14-5-6-18-9-13(14)4/h5-9,16H,17H2,1-4H3. The van der Waals surface area contributed by atoms with Crippen LogP contribution in [-0.4, -0.2) is 4.98 Å². The number of pyridine rings is 1. The topological polar surface area (TPSA) is 38.9 Å². The number of rotatable bonds is 2. The first-order chi connectivity index (χ1) is 8.50. The van der Waals surface area contributed by atoms with Gasteiger partial charge in [-0.25, -0.2) is 0 Å². The molecule has 1 aromatic heterocycles. The van der Waals surface area contributed by atoms with Crippen molar-refractivity contribution in [3.05, 3.63) is 64.0 Å². The summed E-state index contributed by atoms with van der Waals surface area (Å²) in [5.41, 5.74) is 13.8. The minimum Gasteiger partial charge on any atom is -0.320 e. The highest BCUT2D eigenvalue weighted by atomic mass is 14.7. The van der Waals surface area contributed by atoms with E-state index >= 15 is 0 Å². The van der Waals surface area contributed by atoms with Crippen LogP contribution < -0.4 is 5.73 Å². The Labute approximate surface area is 109 Å². The fourth-order valence-electron chi connectivity index (χ4n) is 2.32. The average Bonchev–Trinajstić information content (AvgIpc) is 2.33. The molecule has 0 saturated heterocycles. The molecule has 2 nitrogen and oxygen atoms in total. The van der Waals surface area contributed by atoms with E-state index in [-0.39, 0.29) is 6.04 Å². The molecule has 94 valence electrons. The van der Waals surface area contributed by atoms with E-state index in [9.17, 15) is 0 Å². The molecule has 2 rings (SSSR count). The molecule has 1 unspecified atom stereocenters. The first kappa shape index (κ1) is 12.8. The number of nitrogens with two attached hydrogens (primary N) is 1. The van der Waals surface area contributed by atoms with Crippen LogP contribution in [0.5, 0.6) is 0 Å². The van der Waals surface area contributed by atoms with Crippen LogP contribution in [0.15, 0.2) is 30.6 Å². The molecule has 1 heterocycles. The molecule has 0 fully saturated rings. The highest BCUT2D eigenvalue weighted by molar-refractivity contribution is 5.43. The van der Waals surface area contributed by atoms with Crippen LogP contribution in [0, 0.1) is 27.7 Å². The Kier molecular flexibility index (Phi) is 3.48. The zero-order chi connectivity index (χ0) is 13.3. The van der Waals surface area contributed by atoms with Crippen molar-refractivity contribution in [1.29, 1.82) is 0 Å². The van der Waals surface area contributed by atoms with Crippen LogP contribution in [0.3, 0.4) is 0 Å². The first-order valence-corrected chi connectivity index (χ1v) is 6.24. The number of benzene rings is 1. The van der Waals surface area contributed by atoms with Gasteiger partial charge in [0, 0.05) is 12.4 Å². The fraction of sp³-hybridized carbons (Fsp3) is 0.312.